The molecule has 0 radical (unpaired) electrons. The predicted octanol–water partition coefficient (Wildman–Crippen LogP) is 17.0. The van der Waals surface area contributed by atoms with Gasteiger partial charge in [0, 0.05) is 59.0 Å². The monoisotopic (exact) mass is 808 g/mol. The Balaban J connectivity index is 0.966. The molecule has 3 aromatic heterocycles. The van der Waals surface area contributed by atoms with E-state index >= 15 is 0 Å². The molecule has 290 valence electrons. The SMILES string of the molecule is c1ccc2cc(N(c3ccc(-c4ccc5sc6ccccc6c5c4)cc3)c3ccc(-c4ccc(-n5c6ccccc6c6ccccc65)cc4)c4oc5ccccc5c34)ccc2c1. The third-order valence-corrected chi connectivity index (χ3v) is 13.7. The van der Waals surface area contributed by atoms with Crippen molar-refractivity contribution in [3.8, 4) is 27.9 Å². The summed E-state index contributed by atoms with van der Waals surface area (Å²) in [5.41, 5.74) is 13.0. The van der Waals surface area contributed by atoms with Crippen molar-refractivity contribution in [1.29, 1.82) is 0 Å². The third kappa shape index (κ3) is 5.44. The Morgan fingerprint density at radius 1 is 0.403 bits per heavy atom. The minimum Gasteiger partial charge on any atom is -0.455 e. The topological polar surface area (TPSA) is 21.3 Å². The highest BCUT2D eigenvalue weighted by atomic mass is 32.1. The standard InChI is InChI=1S/C58H36N2OS/c1-2-12-40-35-44(31-23-37(40)11-1)59(42-27-21-38(22-28-42)41-26-34-56-50(36-41)48-15-6-10-20-55(48)62-56)53-33-32-45(58-57(53)49-16-5-9-19-54(49)61-58)39-24-29-43(30-25-39)60-51-17-7-3-13-46(51)47-14-4-8-18-52(47)60/h1-36H. The summed E-state index contributed by atoms with van der Waals surface area (Å²) in [6.07, 6.45) is 0. The molecule has 3 nitrogen and oxygen atoms in total. The molecule has 0 N–H and O–H groups in total. The first kappa shape index (κ1) is 34.9. The number of furan rings is 1. The number of rotatable bonds is 6. The van der Waals surface area contributed by atoms with Crippen LogP contribution in [-0.4, -0.2) is 4.57 Å². The summed E-state index contributed by atoms with van der Waals surface area (Å²) in [5, 5.41) is 9.69. The van der Waals surface area contributed by atoms with Gasteiger partial charge in [-0.3, -0.25) is 0 Å². The second-order valence-corrected chi connectivity index (χ2v) is 17.2. The van der Waals surface area contributed by atoms with Gasteiger partial charge in [-0.15, -0.1) is 11.3 Å². The molecule has 0 spiro atoms. The number of para-hydroxylation sites is 3. The lowest BCUT2D eigenvalue weighted by molar-refractivity contribution is 0.670. The van der Waals surface area contributed by atoms with Crippen LogP contribution in [0.3, 0.4) is 0 Å². The van der Waals surface area contributed by atoms with Gasteiger partial charge in [0.2, 0.25) is 0 Å². The lowest BCUT2D eigenvalue weighted by atomic mass is 9.99. The van der Waals surface area contributed by atoms with Crippen LogP contribution in [0.1, 0.15) is 0 Å². The van der Waals surface area contributed by atoms with Crippen molar-refractivity contribution in [2.45, 2.75) is 0 Å². The Labute approximate surface area is 361 Å². The molecule has 3 heterocycles. The van der Waals surface area contributed by atoms with Gasteiger partial charge in [0.25, 0.3) is 0 Å². The van der Waals surface area contributed by atoms with E-state index in [2.05, 4.69) is 228 Å². The molecule has 10 aromatic carbocycles. The van der Waals surface area contributed by atoms with Gasteiger partial charge in [0.05, 0.1) is 22.1 Å². The molecule has 13 rings (SSSR count). The molecule has 4 heteroatoms. The van der Waals surface area contributed by atoms with Crippen molar-refractivity contribution >= 4 is 103 Å². The molecule has 0 fully saturated rings. The van der Waals surface area contributed by atoms with Gasteiger partial charge in [0.15, 0.2) is 0 Å². The number of fused-ring (bicyclic) bond motifs is 10. The minimum atomic E-state index is 0.864. The molecule has 0 unspecified atom stereocenters. The molecule has 13 aromatic rings. The predicted molar refractivity (Wildman–Crippen MR) is 264 cm³/mol. The lowest BCUT2D eigenvalue weighted by Gasteiger charge is -2.27. The highest BCUT2D eigenvalue weighted by Crippen LogP contribution is 2.47. The van der Waals surface area contributed by atoms with Crippen LogP contribution in [0.15, 0.2) is 223 Å². The summed E-state index contributed by atoms with van der Waals surface area (Å²) >= 11 is 1.85. The van der Waals surface area contributed by atoms with Crippen LogP contribution >= 0.6 is 11.3 Å². The number of benzene rings is 10. The van der Waals surface area contributed by atoms with E-state index in [0.29, 0.717) is 0 Å². The van der Waals surface area contributed by atoms with Crippen molar-refractivity contribution in [2.75, 3.05) is 4.90 Å². The largest absolute Gasteiger partial charge is 0.455 e. The zero-order valence-corrected chi connectivity index (χ0v) is 34.3. The Hall–Kier alpha value is -7.92. The number of aromatic nitrogens is 1. The summed E-state index contributed by atoms with van der Waals surface area (Å²) in [4.78, 5) is 2.39. The molecule has 0 saturated carbocycles. The van der Waals surface area contributed by atoms with Crippen molar-refractivity contribution < 1.29 is 4.42 Å². The number of hydrogen-bond acceptors (Lipinski definition) is 3. The van der Waals surface area contributed by atoms with Crippen molar-refractivity contribution in [3.05, 3.63) is 218 Å². The van der Waals surface area contributed by atoms with E-state index in [0.717, 1.165) is 55.8 Å². The molecular weight excluding hydrogens is 773 g/mol. The molecule has 0 bridgehead atoms. The first-order valence-corrected chi connectivity index (χ1v) is 21.9. The molecule has 0 atom stereocenters. The Kier molecular flexibility index (Phi) is 7.78. The van der Waals surface area contributed by atoms with E-state index in [-0.39, 0.29) is 0 Å². The van der Waals surface area contributed by atoms with Crippen LogP contribution in [-0.2, 0) is 0 Å². The highest BCUT2D eigenvalue weighted by molar-refractivity contribution is 7.25. The molecule has 0 saturated heterocycles. The molecule has 0 amide bonds. The van der Waals surface area contributed by atoms with Crippen LogP contribution in [0.4, 0.5) is 17.1 Å². The second kappa shape index (κ2) is 13.8. The van der Waals surface area contributed by atoms with Crippen molar-refractivity contribution in [2.24, 2.45) is 0 Å². The number of nitrogens with zero attached hydrogens (tertiary/aromatic N) is 2. The minimum absolute atomic E-state index is 0.864. The molecule has 0 aliphatic rings. The van der Waals surface area contributed by atoms with Gasteiger partial charge in [-0.1, -0.05) is 133 Å². The van der Waals surface area contributed by atoms with Crippen molar-refractivity contribution in [3.63, 3.8) is 0 Å². The fraction of sp³-hybridized carbons (Fsp3) is 0. The van der Waals surface area contributed by atoms with Crippen LogP contribution in [0.25, 0.3) is 103 Å². The Morgan fingerprint density at radius 2 is 1.02 bits per heavy atom. The third-order valence-electron chi connectivity index (χ3n) is 12.6. The highest BCUT2D eigenvalue weighted by Gasteiger charge is 2.23. The first-order valence-electron chi connectivity index (χ1n) is 21.1. The first-order chi connectivity index (χ1) is 30.7. The normalized spacial score (nSPS) is 11.9. The quantitative estimate of drug-likeness (QED) is 0.167. The summed E-state index contributed by atoms with van der Waals surface area (Å²) in [6, 6.07) is 79.2. The van der Waals surface area contributed by atoms with Gasteiger partial charge in [-0.2, -0.15) is 0 Å². The molecular formula is C58H36N2OS. The van der Waals surface area contributed by atoms with E-state index in [1.165, 1.54) is 63.9 Å². The van der Waals surface area contributed by atoms with Gasteiger partial charge in [-0.05, 0) is 112 Å². The van der Waals surface area contributed by atoms with Crippen LogP contribution in [0, 0.1) is 0 Å². The maximum absolute atomic E-state index is 6.89. The zero-order valence-electron chi connectivity index (χ0n) is 33.5. The summed E-state index contributed by atoms with van der Waals surface area (Å²) < 4.78 is 11.9. The maximum atomic E-state index is 6.89. The summed E-state index contributed by atoms with van der Waals surface area (Å²) in [5.74, 6) is 0. The van der Waals surface area contributed by atoms with Gasteiger partial charge >= 0.3 is 0 Å². The average molecular weight is 809 g/mol. The number of hydrogen-bond donors (Lipinski definition) is 0. The number of thiophene rings is 1. The van der Waals surface area contributed by atoms with Crippen LogP contribution in [0.2, 0.25) is 0 Å². The van der Waals surface area contributed by atoms with Gasteiger partial charge < -0.3 is 13.9 Å². The summed E-state index contributed by atoms with van der Waals surface area (Å²) in [6.45, 7) is 0. The summed E-state index contributed by atoms with van der Waals surface area (Å²) in [7, 11) is 0. The lowest BCUT2D eigenvalue weighted by Crippen LogP contribution is -2.10. The van der Waals surface area contributed by atoms with Gasteiger partial charge in [-0.25, -0.2) is 0 Å². The smallest absolute Gasteiger partial charge is 0.145 e. The number of anilines is 3. The fourth-order valence-corrected chi connectivity index (χ4v) is 10.8. The Morgan fingerprint density at radius 3 is 1.81 bits per heavy atom. The van der Waals surface area contributed by atoms with Crippen LogP contribution < -0.4 is 4.90 Å². The Bertz CT molecular complexity index is 3820. The van der Waals surface area contributed by atoms with Gasteiger partial charge in [0.1, 0.15) is 11.2 Å². The molecule has 0 aliphatic heterocycles. The zero-order chi connectivity index (χ0) is 40.7. The van der Waals surface area contributed by atoms with E-state index in [4.69, 9.17) is 4.42 Å². The second-order valence-electron chi connectivity index (χ2n) is 16.1. The average Bonchev–Trinajstić information content (AvgIpc) is 4.02. The van der Waals surface area contributed by atoms with Crippen molar-refractivity contribution in [1.82, 2.24) is 4.57 Å². The molecule has 62 heavy (non-hydrogen) atoms. The fourth-order valence-electron chi connectivity index (χ4n) is 9.67. The van der Waals surface area contributed by atoms with E-state index in [1.807, 2.05) is 11.3 Å². The molecule has 0 aliphatic carbocycles. The van der Waals surface area contributed by atoms with Crippen LogP contribution in [0.5, 0.6) is 0 Å². The van der Waals surface area contributed by atoms with E-state index in [1.54, 1.807) is 0 Å². The maximum Gasteiger partial charge on any atom is 0.145 e. The van der Waals surface area contributed by atoms with E-state index in [9.17, 15) is 0 Å². The van der Waals surface area contributed by atoms with E-state index < -0.39 is 0 Å².